The zero-order valence-electron chi connectivity index (χ0n) is 11.2. The van der Waals surface area contributed by atoms with E-state index in [1.807, 2.05) is 12.1 Å². The molecule has 3 heteroatoms. The number of nitrogens with one attached hydrogen (secondary N) is 1. The first-order valence-electron chi connectivity index (χ1n) is 6.96. The number of benzene rings is 2. The molecule has 1 aliphatic carbocycles. The van der Waals surface area contributed by atoms with Crippen LogP contribution < -0.4 is 5.32 Å². The molecule has 3 rings (SSSR count). The summed E-state index contributed by atoms with van der Waals surface area (Å²) >= 11 is 9.45. The molecule has 2 aromatic rings. The smallest absolute Gasteiger partial charge is 0.0406 e. The van der Waals surface area contributed by atoms with Gasteiger partial charge in [0, 0.05) is 22.1 Å². The molecule has 0 aromatic heterocycles. The molecule has 0 fully saturated rings. The summed E-state index contributed by atoms with van der Waals surface area (Å²) in [4.78, 5) is 0. The van der Waals surface area contributed by atoms with E-state index < -0.39 is 0 Å². The predicted molar refractivity (Wildman–Crippen MR) is 88.2 cm³/mol. The number of hydrogen-bond donors (Lipinski definition) is 1. The predicted octanol–water partition coefficient (Wildman–Crippen LogP) is 4.75. The van der Waals surface area contributed by atoms with Gasteiger partial charge in [0.25, 0.3) is 0 Å². The molecule has 0 heterocycles. The van der Waals surface area contributed by atoms with E-state index >= 15 is 0 Å². The molecule has 1 nitrogen and oxygen atoms in total. The summed E-state index contributed by atoms with van der Waals surface area (Å²) < 4.78 is 1.18. The Balaban J connectivity index is 1.60. The molecule has 0 radical (unpaired) electrons. The lowest BCUT2D eigenvalue weighted by Crippen LogP contribution is -2.34. The average Bonchev–Trinajstić information content (AvgIpc) is 2.46. The van der Waals surface area contributed by atoms with Crippen LogP contribution in [0.15, 0.2) is 46.9 Å². The Morgan fingerprint density at radius 2 is 1.90 bits per heavy atom. The lowest BCUT2D eigenvalue weighted by molar-refractivity contribution is 0.457. The summed E-state index contributed by atoms with van der Waals surface area (Å²) in [5.74, 6) is 0. The van der Waals surface area contributed by atoms with Crippen molar-refractivity contribution >= 4 is 27.5 Å². The minimum Gasteiger partial charge on any atom is -0.310 e. The highest BCUT2D eigenvalue weighted by atomic mass is 79.9. The molecular weight excluding hydrogens is 334 g/mol. The summed E-state index contributed by atoms with van der Waals surface area (Å²) in [6, 6.07) is 15.3. The second kappa shape index (κ2) is 6.30. The fourth-order valence-corrected chi connectivity index (χ4v) is 3.30. The minimum atomic E-state index is 0.569. The van der Waals surface area contributed by atoms with Crippen LogP contribution in [0.5, 0.6) is 0 Å². The quantitative estimate of drug-likeness (QED) is 0.842. The monoisotopic (exact) mass is 349 g/mol. The second-order valence-electron chi connectivity index (χ2n) is 5.36. The number of fused-ring (bicyclic) bond motifs is 1. The molecule has 1 atom stereocenters. The maximum absolute atomic E-state index is 5.91. The van der Waals surface area contributed by atoms with Gasteiger partial charge in [0.05, 0.1) is 0 Å². The molecule has 104 valence electrons. The van der Waals surface area contributed by atoms with Gasteiger partial charge >= 0.3 is 0 Å². The largest absolute Gasteiger partial charge is 0.310 e. The van der Waals surface area contributed by atoms with E-state index in [0.29, 0.717) is 6.04 Å². The SMILES string of the molecule is Clc1ccc(CNC2CCc3cc(Br)ccc3C2)cc1. The van der Waals surface area contributed by atoms with E-state index in [1.165, 1.54) is 27.6 Å². The van der Waals surface area contributed by atoms with Crippen molar-refractivity contribution in [2.75, 3.05) is 0 Å². The van der Waals surface area contributed by atoms with Gasteiger partial charge in [-0.15, -0.1) is 0 Å². The van der Waals surface area contributed by atoms with E-state index in [0.717, 1.165) is 24.4 Å². The summed E-state index contributed by atoms with van der Waals surface area (Å²) in [7, 11) is 0. The fraction of sp³-hybridized carbons (Fsp3) is 0.294. The number of rotatable bonds is 3. The Morgan fingerprint density at radius 3 is 2.70 bits per heavy atom. The van der Waals surface area contributed by atoms with Crippen LogP contribution in [0.3, 0.4) is 0 Å². The van der Waals surface area contributed by atoms with Gasteiger partial charge in [-0.05, 0) is 60.2 Å². The molecule has 1 N–H and O–H groups in total. The van der Waals surface area contributed by atoms with Gasteiger partial charge in [-0.1, -0.05) is 45.7 Å². The summed E-state index contributed by atoms with van der Waals surface area (Å²) in [6.45, 7) is 0.910. The van der Waals surface area contributed by atoms with Crippen molar-refractivity contribution in [1.29, 1.82) is 0 Å². The van der Waals surface area contributed by atoms with Gasteiger partial charge in [0.15, 0.2) is 0 Å². The lowest BCUT2D eigenvalue weighted by Gasteiger charge is -2.26. The minimum absolute atomic E-state index is 0.569. The zero-order valence-corrected chi connectivity index (χ0v) is 13.5. The van der Waals surface area contributed by atoms with Gasteiger partial charge in [0.2, 0.25) is 0 Å². The standard InChI is InChI=1S/C17H17BrClN/c18-15-5-3-14-10-17(8-4-13(14)9-15)20-11-12-1-6-16(19)7-2-12/h1-3,5-7,9,17,20H,4,8,10-11H2. The number of halogens is 2. The summed E-state index contributed by atoms with van der Waals surface area (Å²) in [5, 5.41) is 4.46. The Kier molecular flexibility index (Phi) is 4.45. The van der Waals surface area contributed by atoms with Crippen molar-refractivity contribution in [3.63, 3.8) is 0 Å². The Morgan fingerprint density at radius 1 is 1.10 bits per heavy atom. The van der Waals surface area contributed by atoms with E-state index in [-0.39, 0.29) is 0 Å². The highest BCUT2D eigenvalue weighted by Gasteiger charge is 2.18. The molecule has 0 bridgehead atoms. The maximum Gasteiger partial charge on any atom is 0.0406 e. The van der Waals surface area contributed by atoms with E-state index in [4.69, 9.17) is 11.6 Å². The van der Waals surface area contributed by atoms with Crippen LogP contribution in [0.2, 0.25) is 5.02 Å². The van der Waals surface area contributed by atoms with Crippen molar-refractivity contribution < 1.29 is 0 Å². The first kappa shape index (κ1) is 14.1. The van der Waals surface area contributed by atoms with Crippen molar-refractivity contribution in [2.24, 2.45) is 0 Å². The van der Waals surface area contributed by atoms with Crippen molar-refractivity contribution in [3.8, 4) is 0 Å². The molecule has 0 saturated carbocycles. The molecule has 0 amide bonds. The first-order chi connectivity index (χ1) is 9.70. The molecule has 2 aromatic carbocycles. The van der Waals surface area contributed by atoms with Crippen LogP contribution in [-0.2, 0) is 19.4 Å². The summed E-state index contributed by atoms with van der Waals surface area (Å²) in [6.07, 6.45) is 3.49. The van der Waals surface area contributed by atoms with Gasteiger partial charge in [-0.25, -0.2) is 0 Å². The molecule has 0 aliphatic heterocycles. The van der Waals surface area contributed by atoms with Gasteiger partial charge in [-0.3, -0.25) is 0 Å². The van der Waals surface area contributed by atoms with Gasteiger partial charge in [0.1, 0.15) is 0 Å². The lowest BCUT2D eigenvalue weighted by atomic mass is 9.88. The average molecular weight is 351 g/mol. The van der Waals surface area contributed by atoms with Crippen LogP contribution in [0, 0.1) is 0 Å². The molecule has 20 heavy (non-hydrogen) atoms. The normalized spacial score (nSPS) is 17.8. The third-order valence-electron chi connectivity index (χ3n) is 3.90. The van der Waals surface area contributed by atoms with E-state index in [9.17, 15) is 0 Å². The van der Waals surface area contributed by atoms with Gasteiger partial charge < -0.3 is 5.32 Å². The second-order valence-corrected chi connectivity index (χ2v) is 6.71. The van der Waals surface area contributed by atoms with Crippen LogP contribution in [0.25, 0.3) is 0 Å². The Labute approximate surface area is 133 Å². The fourth-order valence-electron chi connectivity index (χ4n) is 2.76. The maximum atomic E-state index is 5.91. The molecule has 1 unspecified atom stereocenters. The number of hydrogen-bond acceptors (Lipinski definition) is 1. The highest BCUT2D eigenvalue weighted by molar-refractivity contribution is 9.10. The molecule has 1 aliphatic rings. The zero-order chi connectivity index (χ0) is 13.9. The van der Waals surface area contributed by atoms with Crippen molar-refractivity contribution in [3.05, 3.63) is 68.7 Å². The molecule has 0 saturated heterocycles. The topological polar surface area (TPSA) is 12.0 Å². The van der Waals surface area contributed by atoms with E-state index in [1.54, 1.807) is 0 Å². The van der Waals surface area contributed by atoms with Crippen molar-refractivity contribution in [1.82, 2.24) is 5.32 Å². The summed E-state index contributed by atoms with van der Waals surface area (Å²) in [5.41, 5.74) is 4.26. The number of aryl methyl sites for hydroxylation is 1. The third-order valence-corrected chi connectivity index (χ3v) is 4.65. The van der Waals surface area contributed by atoms with E-state index in [2.05, 4.69) is 51.6 Å². The Hall–Kier alpha value is -0.830. The van der Waals surface area contributed by atoms with Gasteiger partial charge in [-0.2, -0.15) is 0 Å². The third kappa shape index (κ3) is 3.43. The Bertz CT molecular complexity index is 594. The first-order valence-corrected chi connectivity index (χ1v) is 8.13. The van der Waals surface area contributed by atoms with Crippen LogP contribution in [-0.4, -0.2) is 6.04 Å². The van der Waals surface area contributed by atoms with Crippen LogP contribution in [0.1, 0.15) is 23.1 Å². The molecular formula is C17H17BrClN. The van der Waals surface area contributed by atoms with Crippen molar-refractivity contribution in [2.45, 2.75) is 31.8 Å². The van der Waals surface area contributed by atoms with Crippen LogP contribution >= 0.6 is 27.5 Å². The van der Waals surface area contributed by atoms with Crippen LogP contribution in [0.4, 0.5) is 0 Å². The molecule has 0 spiro atoms. The highest BCUT2D eigenvalue weighted by Crippen LogP contribution is 2.25.